The maximum absolute atomic E-state index is 11.8. The highest BCUT2D eigenvalue weighted by atomic mass is 19.3. The quantitative estimate of drug-likeness (QED) is 0.572. The molecule has 0 aromatic carbocycles. The highest BCUT2D eigenvalue weighted by Gasteiger charge is 2.25. The summed E-state index contributed by atoms with van der Waals surface area (Å²) in [4.78, 5) is 13.7. The summed E-state index contributed by atoms with van der Waals surface area (Å²) in [5, 5.41) is 0. The van der Waals surface area contributed by atoms with Gasteiger partial charge in [-0.2, -0.15) is 0 Å². The molecular weight excluding hydrogens is 154 g/mol. The summed E-state index contributed by atoms with van der Waals surface area (Å²) in [5.74, 6) is -0.0920. The average molecular weight is 164 g/mol. The number of alkyl halides is 2. The fourth-order valence-electron chi connectivity index (χ4n) is 1.06. The molecule has 1 saturated heterocycles. The summed E-state index contributed by atoms with van der Waals surface area (Å²) in [6, 6.07) is 0. The molecule has 0 aromatic heterocycles. The largest absolute Gasteiger partial charge is 0.332 e. The molecule has 1 amide bonds. The number of hydrogen-bond acceptors (Lipinski definition) is 2. The summed E-state index contributed by atoms with van der Waals surface area (Å²) in [5.41, 5.74) is 0. The van der Waals surface area contributed by atoms with Crippen LogP contribution in [0.3, 0.4) is 0 Å². The van der Waals surface area contributed by atoms with Gasteiger partial charge in [0.2, 0.25) is 5.91 Å². The van der Waals surface area contributed by atoms with Crippen LogP contribution in [-0.4, -0.2) is 48.9 Å². The summed E-state index contributed by atoms with van der Waals surface area (Å²) in [6.07, 6.45) is -2.35. The molecule has 0 spiro atoms. The molecule has 0 bridgehead atoms. The normalized spacial score (nSPS) is 20.4. The fourth-order valence-corrected chi connectivity index (χ4v) is 1.06. The summed E-state index contributed by atoms with van der Waals surface area (Å²) in [6.45, 7) is 0.139. The SMILES string of the molecule is CN1CN(CC(F)F)CC1=O. The Hall–Kier alpha value is -0.710. The molecule has 0 unspecified atom stereocenters. The van der Waals surface area contributed by atoms with Crippen molar-refractivity contribution in [1.82, 2.24) is 9.80 Å². The zero-order valence-electron chi connectivity index (χ0n) is 6.26. The third-order valence-corrected chi connectivity index (χ3v) is 1.59. The van der Waals surface area contributed by atoms with Gasteiger partial charge in [-0.15, -0.1) is 0 Å². The third kappa shape index (κ3) is 2.11. The van der Waals surface area contributed by atoms with E-state index in [9.17, 15) is 13.6 Å². The van der Waals surface area contributed by atoms with E-state index >= 15 is 0 Å². The molecule has 0 atom stereocenters. The molecule has 11 heavy (non-hydrogen) atoms. The second-order valence-corrected chi connectivity index (χ2v) is 2.64. The molecule has 0 radical (unpaired) electrons. The molecule has 0 aromatic rings. The predicted molar refractivity (Wildman–Crippen MR) is 35.2 cm³/mol. The molecule has 1 fully saturated rings. The van der Waals surface area contributed by atoms with Crippen molar-refractivity contribution in [3.63, 3.8) is 0 Å². The van der Waals surface area contributed by atoms with Crippen molar-refractivity contribution in [1.29, 1.82) is 0 Å². The standard InChI is InChI=1S/C6H10F2N2O/c1-9-4-10(2-5(7)8)3-6(9)11/h5H,2-4H2,1H3. The average Bonchev–Trinajstić information content (AvgIpc) is 2.10. The van der Waals surface area contributed by atoms with Gasteiger partial charge in [0.15, 0.2) is 0 Å². The molecule has 1 aliphatic rings. The lowest BCUT2D eigenvalue weighted by Crippen LogP contribution is -2.27. The second kappa shape index (κ2) is 3.13. The lowest BCUT2D eigenvalue weighted by Gasteiger charge is -2.12. The number of nitrogens with zero attached hydrogens (tertiary/aromatic N) is 2. The predicted octanol–water partition coefficient (Wildman–Crippen LogP) is -0.0170. The van der Waals surface area contributed by atoms with E-state index in [1.807, 2.05) is 0 Å². The minimum Gasteiger partial charge on any atom is -0.332 e. The Bertz CT molecular complexity index is 163. The highest BCUT2D eigenvalue weighted by Crippen LogP contribution is 2.06. The smallest absolute Gasteiger partial charge is 0.251 e. The van der Waals surface area contributed by atoms with Gasteiger partial charge in [-0.25, -0.2) is 8.78 Å². The maximum Gasteiger partial charge on any atom is 0.251 e. The number of halogens is 2. The Balaban J connectivity index is 2.35. The Morgan fingerprint density at radius 2 is 2.27 bits per heavy atom. The minimum atomic E-state index is -2.35. The number of likely N-dealkylation sites (N-methyl/N-ethyl adjacent to an activating group) is 1. The van der Waals surface area contributed by atoms with Gasteiger partial charge in [-0.3, -0.25) is 9.69 Å². The van der Waals surface area contributed by atoms with Crippen LogP contribution in [0.25, 0.3) is 0 Å². The fraction of sp³-hybridized carbons (Fsp3) is 0.833. The van der Waals surface area contributed by atoms with E-state index in [0.717, 1.165) is 0 Å². The van der Waals surface area contributed by atoms with Crippen LogP contribution < -0.4 is 0 Å². The van der Waals surface area contributed by atoms with Crippen LogP contribution in [0.15, 0.2) is 0 Å². The van der Waals surface area contributed by atoms with Crippen LogP contribution in [0.1, 0.15) is 0 Å². The molecule has 5 heteroatoms. The molecule has 0 N–H and O–H groups in total. The van der Waals surface area contributed by atoms with Gasteiger partial charge in [0.25, 0.3) is 6.43 Å². The lowest BCUT2D eigenvalue weighted by molar-refractivity contribution is -0.125. The Kier molecular flexibility index (Phi) is 2.38. The van der Waals surface area contributed by atoms with Crippen molar-refractivity contribution >= 4 is 5.91 Å². The summed E-state index contributed by atoms with van der Waals surface area (Å²) >= 11 is 0. The van der Waals surface area contributed by atoms with E-state index in [1.165, 1.54) is 9.80 Å². The first-order chi connectivity index (χ1) is 5.09. The van der Waals surface area contributed by atoms with Crippen molar-refractivity contribution in [3.8, 4) is 0 Å². The van der Waals surface area contributed by atoms with Crippen LogP contribution in [0.4, 0.5) is 8.78 Å². The Labute approximate surface area is 63.6 Å². The summed E-state index contributed by atoms with van der Waals surface area (Å²) < 4.78 is 23.5. The summed E-state index contributed by atoms with van der Waals surface area (Å²) in [7, 11) is 1.60. The minimum absolute atomic E-state index is 0.0920. The van der Waals surface area contributed by atoms with Gasteiger partial charge in [-0.05, 0) is 0 Å². The van der Waals surface area contributed by atoms with Crippen LogP contribution >= 0.6 is 0 Å². The molecule has 0 saturated carbocycles. The first kappa shape index (κ1) is 8.39. The van der Waals surface area contributed by atoms with Gasteiger partial charge in [0, 0.05) is 7.05 Å². The monoisotopic (exact) mass is 164 g/mol. The van der Waals surface area contributed by atoms with Gasteiger partial charge in [-0.1, -0.05) is 0 Å². The Morgan fingerprint density at radius 1 is 1.64 bits per heavy atom. The number of amides is 1. The van der Waals surface area contributed by atoms with E-state index < -0.39 is 6.43 Å². The molecule has 1 heterocycles. The molecular formula is C6H10F2N2O. The van der Waals surface area contributed by atoms with Crippen molar-refractivity contribution in [2.24, 2.45) is 0 Å². The van der Waals surface area contributed by atoms with Crippen LogP contribution in [0, 0.1) is 0 Å². The van der Waals surface area contributed by atoms with Crippen LogP contribution in [0.5, 0.6) is 0 Å². The van der Waals surface area contributed by atoms with Gasteiger partial charge < -0.3 is 4.90 Å². The molecule has 1 rings (SSSR count). The maximum atomic E-state index is 11.8. The zero-order valence-corrected chi connectivity index (χ0v) is 6.26. The van der Waals surface area contributed by atoms with E-state index in [0.29, 0.717) is 6.67 Å². The highest BCUT2D eigenvalue weighted by molar-refractivity contribution is 5.79. The van der Waals surface area contributed by atoms with E-state index in [-0.39, 0.29) is 19.0 Å². The van der Waals surface area contributed by atoms with Crippen LogP contribution in [0.2, 0.25) is 0 Å². The Morgan fingerprint density at radius 3 is 2.64 bits per heavy atom. The van der Waals surface area contributed by atoms with Crippen LogP contribution in [-0.2, 0) is 4.79 Å². The van der Waals surface area contributed by atoms with Gasteiger partial charge in [0.05, 0.1) is 19.8 Å². The van der Waals surface area contributed by atoms with Gasteiger partial charge in [0.1, 0.15) is 0 Å². The topological polar surface area (TPSA) is 23.6 Å². The van der Waals surface area contributed by atoms with E-state index in [1.54, 1.807) is 7.05 Å². The van der Waals surface area contributed by atoms with Gasteiger partial charge >= 0.3 is 0 Å². The van der Waals surface area contributed by atoms with Crippen molar-refractivity contribution in [2.75, 3.05) is 26.8 Å². The third-order valence-electron chi connectivity index (χ3n) is 1.59. The molecule has 64 valence electrons. The second-order valence-electron chi connectivity index (χ2n) is 2.64. The van der Waals surface area contributed by atoms with Crippen molar-refractivity contribution in [2.45, 2.75) is 6.43 Å². The zero-order chi connectivity index (χ0) is 8.43. The van der Waals surface area contributed by atoms with Crippen molar-refractivity contribution < 1.29 is 13.6 Å². The number of carbonyl (C=O) groups is 1. The number of hydrogen-bond donors (Lipinski definition) is 0. The van der Waals surface area contributed by atoms with Crippen molar-refractivity contribution in [3.05, 3.63) is 0 Å². The molecule has 1 aliphatic heterocycles. The van der Waals surface area contributed by atoms with E-state index in [4.69, 9.17) is 0 Å². The lowest BCUT2D eigenvalue weighted by atomic mass is 10.5. The number of rotatable bonds is 2. The first-order valence-corrected chi connectivity index (χ1v) is 3.34. The molecule has 3 nitrogen and oxygen atoms in total. The van der Waals surface area contributed by atoms with E-state index in [2.05, 4.69) is 0 Å². The number of carbonyl (C=O) groups excluding carboxylic acids is 1. The first-order valence-electron chi connectivity index (χ1n) is 3.34. The molecule has 0 aliphatic carbocycles.